The molecule has 2 unspecified atom stereocenters. The number of fused-ring (bicyclic) bond motifs is 1. The van der Waals surface area contributed by atoms with Gasteiger partial charge in [-0.3, -0.25) is 14.2 Å². The molecule has 0 aliphatic heterocycles. The second-order valence-corrected chi connectivity index (χ2v) is 7.43. The number of nitrogens with one attached hydrogen (secondary N) is 1. The van der Waals surface area contributed by atoms with E-state index in [-0.39, 0.29) is 23.6 Å². The van der Waals surface area contributed by atoms with Crippen LogP contribution in [0.2, 0.25) is 0 Å². The lowest BCUT2D eigenvalue weighted by atomic mass is 10.0. The summed E-state index contributed by atoms with van der Waals surface area (Å²) in [5.41, 5.74) is 0.809. The second kappa shape index (κ2) is 8.77. The summed E-state index contributed by atoms with van der Waals surface area (Å²) >= 11 is 0. The number of aromatic hydroxyl groups is 1. The molecule has 2 aromatic carbocycles. The van der Waals surface area contributed by atoms with Crippen molar-refractivity contribution in [1.82, 2.24) is 14.9 Å². The Morgan fingerprint density at radius 1 is 1.10 bits per heavy atom. The van der Waals surface area contributed by atoms with E-state index in [9.17, 15) is 24.6 Å². The molecule has 1 heterocycles. The van der Waals surface area contributed by atoms with Crippen LogP contribution in [-0.4, -0.2) is 37.7 Å². The van der Waals surface area contributed by atoms with Crippen LogP contribution in [0.25, 0.3) is 10.9 Å². The highest BCUT2D eigenvalue weighted by atomic mass is 16.4. The fourth-order valence-electron chi connectivity index (χ4n) is 3.36. The maximum Gasteiger partial charge on any atom is 0.326 e. The minimum absolute atomic E-state index is 0.0387. The number of carboxylic acids is 1. The van der Waals surface area contributed by atoms with Gasteiger partial charge in [0.15, 0.2) is 0 Å². The molecule has 3 N–H and O–H groups in total. The van der Waals surface area contributed by atoms with E-state index in [0.717, 1.165) is 0 Å². The summed E-state index contributed by atoms with van der Waals surface area (Å²) in [6.45, 7) is 3.56. The second-order valence-electron chi connectivity index (χ2n) is 7.43. The lowest BCUT2D eigenvalue weighted by Crippen LogP contribution is -2.48. The van der Waals surface area contributed by atoms with E-state index in [1.807, 2.05) is 0 Å². The number of nitrogens with zero attached hydrogens (tertiary/aromatic N) is 2. The number of hydrogen-bond acceptors (Lipinski definition) is 5. The molecule has 30 heavy (non-hydrogen) atoms. The Bertz CT molecular complexity index is 1120. The van der Waals surface area contributed by atoms with Crippen molar-refractivity contribution in [3.8, 4) is 5.75 Å². The molecule has 0 aliphatic rings. The van der Waals surface area contributed by atoms with Crippen LogP contribution in [0.1, 0.15) is 25.5 Å². The topological polar surface area (TPSA) is 122 Å². The Labute approximate surface area is 172 Å². The average molecular weight is 409 g/mol. The van der Waals surface area contributed by atoms with E-state index in [2.05, 4.69) is 10.3 Å². The van der Waals surface area contributed by atoms with Crippen LogP contribution < -0.4 is 10.9 Å². The number of carboxylic acid groups (broad SMARTS) is 1. The van der Waals surface area contributed by atoms with Crippen LogP contribution >= 0.6 is 0 Å². The zero-order valence-electron chi connectivity index (χ0n) is 16.6. The lowest BCUT2D eigenvalue weighted by molar-refractivity contribution is -0.142. The smallest absolute Gasteiger partial charge is 0.326 e. The van der Waals surface area contributed by atoms with Gasteiger partial charge in [-0.25, -0.2) is 9.78 Å². The van der Waals surface area contributed by atoms with Gasteiger partial charge in [-0.2, -0.15) is 0 Å². The molecule has 0 aliphatic carbocycles. The van der Waals surface area contributed by atoms with E-state index >= 15 is 0 Å². The molecule has 0 radical (unpaired) electrons. The van der Waals surface area contributed by atoms with Crippen molar-refractivity contribution < 1.29 is 19.8 Å². The number of phenols is 1. The summed E-state index contributed by atoms with van der Waals surface area (Å²) in [7, 11) is 0. The molecule has 8 heteroatoms. The van der Waals surface area contributed by atoms with Crippen molar-refractivity contribution in [1.29, 1.82) is 0 Å². The standard InChI is InChI=1S/C22H23N3O5/c1-13(2)19(25-12-23-17-6-4-3-5-16(17)21(25)28)20(27)24-18(22(29)30)11-14-7-9-15(26)10-8-14/h3-10,12-13,18-19,26H,11H2,1-2H3,(H,24,27)(H,29,30). The summed E-state index contributed by atoms with van der Waals surface area (Å²) in [4.78, 5) is 41.9. The molecule has 1 aromatic heterocycles. The number of benzene rings is 2. The molecule has 0 fully saturated rings. The molecule has 8 nitrogen and oxygen atoms in total. The number of phenolic OH excluding ortho intramolecular Hbond substituents is 1. The van der Waals surface area contributed by atoms with E-state index in [1.54, 1.807) is 50.2 Å². The lowest BCUT2D eigenvalue weighted by Gasteiger charge is -2.25. The Kier molecular flexibility index (Phi) is 6.15. The summed E-state index contributed by atoms with van der Waals surface area (Å²) < 4.78 is 1.25. The number of aliphatic carboxylic acids is 1. The molecule has 0 spiro atoms. The first-order valence-electron chi connectivity index (χ1n) is 9.55. The summed E-state index contributed by atoms with van der Waals surface area (Å²) in [5.74, 6) is -1.98. The van der Waals surface area contributed by atoms with Crippen molar-refractivity contribution in [3.05, 3.63) is 70.8 Å². The minimum atomic E-state index is -1.19. The number of rotatable bonds is 7. The van der Waals surface area contributed by atoms with Crippen LogP contribution in [0, 0.1) is 5.92 Å². The minimum Gasteiger partial charge on any atom is -0.508 e. The predicted octanol–water partition coefficient (Wildman–Crippen LogP) is 2.11. The largest absolute Gasteiger partial charge is 0.508 e. The number of hydrogen-bond donors (Lipinski definition) is 3. The molecule has 156 valence electrons. The third-order valence-electron chi connectivity index (χ3n) is 4.88. The summed E-state index contributed by atoms with van der Waals surface area (Å²) in [6, 6.07) is 10.8. The zero-order valence-corrected chi connectivity index (χ0v) is 16.6. The molecule has 0 saturated carbocycles. The van der Waals surface area contributed by atoms with Crippen molar-refractivity contribution in [2.24, 2.45) is 5.92 Å². The van der Waals surface area contributed by atoms with E-state index in [0.29, 0.717) is 16.5 Å². The van der Waals surface area contributed by atoms with Crippen molar-refractivity contribution in [2.75, 3.05) is 0 Å². The van der Waals surface area contributed by atoms with Gasteiger partial charge in [0.2, 0.25) is 5.91 Å². The van der Waals surface area contributed by atoms with Gasteiger partial charge >= 0.3 is 5.97 Å². The normalized spacial score (nSPS) is 13.2. The first-order chi connectivity index (χ1) is 14.3. The molecular formula is C22H23N3O5. The van der Waals surface area contributed by atoms with Crippen molar-refractivity contribution >= 4 is 22.8 Å². The van der Waals surface area contributed by atoms with Crippen LogP contribution in [-0.2, 0) is 16.0 Å². The fourth-order valence-corrected chi connectivity index (χ4v) is 3.36. The van der Waals surface area contributed by atoms with Crippen LogP contribution in [0.3, 0.4) is 0 Å². The van der Waals surface area contributed by atoms with E-state index in [4.69, 9.17) is 0 Å². The number of amides is 1. The predicted molar refractivity (Wildman–Crippen MR) is 111 cm³/mol. The quantitative estimate of drug-likeness (QED) is 0.549. The van der Waals surface area contributed by atoms with Gasteiger partial charge in [0.1, 0.15) is 17.8 Å². The molecule has 1 amide bonds. The molecule has 3 rings (SSSR count). The van der Waals surface area contributed by atoms with Crippen molar-refractivity contribution in [2.45, 2.75) is 32.4 Å². The Balaban J connectivity index is 1.89. The highest BCUT2D eigenvalue weighted by Gasteiger charge is 2.30. The van der Waals surface area contributed by atoms with Gasteiger partial charge in [0.05, 0.1) is 17.2 Å². The fraction of sp³-hybridized carbons (Fsp3) is 0.273. The monoisotopic (exact) mass is 409 g/mol. The zero-order chi connectivity index (χ0) is 21.8. The number of carbonyl (C=O) groups excluding carboxylic acids is 1. The molecule has 2 atom stereocenters. The average Bonchev–Trinajstić information content (AvgIpc) is 2.71. The van der Waals surface area contributed by atoms with Gasteiger partial charge < -0.3 is 15.5 Å². The van der Waals surface area contributed by atoms with Crippen LogP contribution in [0.4, 0.5) is 0 Å². The maximum absolute atomic E-state index is 13.0. The third kappa shape index (κ3) is 4.48. The molecular weight excluding hydrogens is 386 g/mol. The van der Waals surface area contributed by atoms with Gasteiger partial charge in [-0.1, -0.05) is 38.1 Å². The highest BCUT2D eigenvalue weighted by molar-refractivity contribution is 5.86. The highest BCUT2D eigenvalue weighted by Crippen LogP contribution is 2.18. The summed E-state index contributed by atoms with van der Waals surface area (Å²) in [5, 5.41) is 21.9. The van der Waals surface area contributed by atoms with E-state index in [1.165, 1.54) is 23.0 Å². The molecule has 3 aromatic rings. The molecule has 0 saturated heterocycles. The Morgan fingerprint density at radius 3 is 2.40 bits per heavy atom. The van der Waals surface area contributed by atoms with Crippen LogP contribution in [0.15, 0.2) is 59.7 Å². The number of carbonyl (C=O) groups is 2. The number of para-hydroxylation sites is 1. The van der Waals surface area contributed by atoms with Gasteiger partial charge in [-0.15, -0.1) is 0 Å². The summed E-state index contributed by atoms with van der Waals surface area (Å²) in [6.07, 6.45) is 1.36. The van der Waals surface area contributed by atoms with Gasteiger partial charge in [-0.05, 0) is 35.7 Å². The molecule has 0 bridgehead atoms. The first kappa shape index (κ1) is 21.0. The number of aromatic nitrogens is 2. The third-order valence-corrected chi connectivity index (χ3v) is 4.88. The maximum atomic E-state index is 13.0. The first-order valence-corrected chi connectivity index (χ1v) is 9.55. The van der Waals surface area contributed by atoms with Gasteiger partial charge in [0, 0.05) is 6.42 Å². The van der Waals surface area contributed by atoms with Crippen molar-refractivity contribution in [3.63, 3.8) is 0 Å². The van der Waals surface area contributed by atoms with E-state index < -0.39 is 24.0 Å². The van der Waals surface area contributed by atoms with Gasteiger partial charge in [0.25, 0.3) is 5.56 Å². The SMILES string of the molecule is CC(C)C(C(=O)NC(Cc1ccc(O)cc1)C(=O)O)n1cnc2ccccc2c1=O. The van der Waals surface area contributed by atoms with Crippen LogP contribution in [0.5, 0.6) is 5.75 Å². The Morgan fingerprint density at radius 2 is 1.77 bits per heavy atom. The Hall–Kier alpha value is -3.68.